The molecule has 0 bridgehead atoms. The van der Waals surface area contributed by atoms with Crippen LogP contribution >= 0.6 is 22.9 Å². The predicted molar refractivity (Wildman–Crippen MR) is 94.3 cm³/mol. The summed E-state index contributed by atoms with van der Waals surface area (Å²) in [5, 5.41) is 16.6. The van der Waals surface area contributed by atoms with Crippen LogP contribution in [0.15, 0.2) is 35.3 Å². The Kier molecular flexibility index (Phi) is 5.15. The summed E-state index contributed by atoms with van der Waals surface area (Å²) in [6.07, 6.45) is 1.59. The highest BCUT2D eigenvalue weighted by atomic mass is 35.5. The van der Waals surface area contributed by atoms with E-state index in [1.54, 1.807) is 31.3 Å². The van der Waals surface area contributed by atoms with Gasteiger partial charge in [0.25, 0.3) is 5.56 Å². The standard InChI is InChI=1S/C15H13ClN6O2S/c1-2-17-12(23)8-22-13(24)4-3-10(21-22)14-19-20-15(25-14)11-7-9(16)5-6-18-11/h3-7H,2,8H2,1H3,(H,17,23). The highest BCUT2D eigenvalue weighted by Crippen LogP contribution is 2.28. The topological polar surface area (TPSA) is 103 Å². The van der Waals surface area contributed by atoms with E-state index in [1.165, 1.54) is 17.4 Å². The molecule has 0 spiro atoms. The predicted octanol–water partition coefficient (Wildman–Crippen LogP) is 1.61. The lowest BCUT2D eigenvalue weighted by Crippen LogP contribution is -2.33. The molecule has 3 heterocycles. The van der Waals surface area contributed by atoms with Gasteiger partial charge in [-0.05, 0) is 25.1 Å². The fourth-order valence-corrected chi connectivity index (χ4v) is 2.95. The fraction of sp³-hybridized carbons (Fsp3) is 0.200. The van der Waals surface area contributed by atoms with E-state index in [9.17, 15) is 9.59 Å². The first-order chi connectivity index (χ1) is 12.1. The van der Waals surface area contributed by atoms with Gasteiger partial charge >= 0.3 is 0 Å². The summed E-state index contributed by atoms with van der Waals surface area (Å²) in [5.41, 5.74) is 0.692. The first-order valence-corrected chi connectivity index (χ1v) is 8.57. The fourth-order valence-electron chi connectivity index (χ4n) is 2.02. The van der Waals surface area contributed by atoms with Crippen molar-refractivity contribution < 1.29 is 4.79 Å². The zero-order valence-corrected chi connectivity index (χ0v) is 14.7. The Balaban J connectivity index is 1.90. The SMILES string of the molecule is CCNC(=O)Cn1nc(-c2nnc(-c3cc(Cl)ccn3)s2)ccc1=O. The molecule has 0 aliphatic heterocycles. The molecule has 0 radical (unpaired) electrons. The van der Waals surface area contributed by atoms with Gasteiger partial charge in [-0.25, -0.2) is 4.68 Å². The van der Waals surface area contributed by atoms with Crippen LogP contribution in [0.3, 0.4) is 0 Å². The molecule has 10 heteroatoms. The molecule has 1 amide bonds. The smallest absolute Gasteiger partial charge is 0.267 e. The van der Waals surface area contributed by atoms with E-state index >= 15 is 0 Å². The third-order valence-corrected chi connectivity index (χ3v) is 4.32. The van der Waals surface area contributed by atoms with Crippen LogP contribution in [0.1, 0.15) is 6.92 Å². The summed E-state index contributed by atoms with van der Waals surface area (Å²) in [6, 6.07) is 6.26. The number of likely N-dealkylation sites (N-methyl/N-ethyl adjacent to an activating group) is 1. The maximum absolute atomic E-state index is 11.9. The van der Waals surface area contributed by atoms with Crippen molar-refractivity contribution >= 4 is 28.8 Å². The average molecular weight is 377 g/mol. The number of carbonyl (C=O) groups is 1. The van der Waals surface area contributed by atoms with Crippen molar-refractivity contribution in [2.45, 2.75) is 13.5 Å². The van der Waals surface area contributed by atoms with Crippen molar-refractivity contribution in [3.63, 3.8) is 0 Å². The van der Waals surface area contributed by atoms with Gasteiger partial charge in [0.15, 0.2) is 10.0 Å². The van der Waals surface area contributed by atoms with Gasteiger partial charge in [0.05, 0.1) is 0 Å². The van der Waals surface area contributed by atoms with E-state index in [-0.39, 0.29) is 18.0 Å². The van der Waals surface area contributed by atoms with Crippen LogP contribution in [0.5, 0.6) is 0 Å². The molecule has 3 rings (SSSR count). The lowest BCUT2D eigenvalue weighted by molar-refractivity contribution is -0.121. The van der Waals surface area contributed by atoms with Gasteiger partial charge in [-0.1, -0.05) is 22.9 Å². The second kappa shape index (κ2) is 7.49. The number of pyridine rings is 1. The molecule has 3 aromatic heterocycles. The van der Waals surface area contributed by atoms with Gasteiger partial charge in [0.1, 0.15) is 17.9 Å². The summed E-state index contributed by atoms with van der Waals surface area (Å²) in [5.74, 6) is -0.282. The van der Waals surface area contributed by atoms with E-state index < -0.39 is 0 Å². The second-order valence-electron chi connectivity index (χ2n) is 4.94. The zero-order valence-electron chi connectivity index (χ0n) is 13.1. The minimum Gasteiger partial charge on any atom is -0.355 e. The monoisotopic (exact) mass is 376 g/mol. The molecule has 128 valence electrons. The molecule has 8 nitrogen and oxygen atoms in total. The van der Waals surface area contributed by atoms with Crippen LogP contribution in [0.25, 0.3) is 21.4 Å². The Bertz CT molecular complexity index is 970. The molecule has 0 aromatic carbocycles. The molecule has 0 atom stereocenters. The average Bonchev–Trinajstić information content (AvgIpc) is 3.07. The molecule has 0 aliphatic carbocycles. The Morgan fingerprint density at radius 2 is 2.00 bits per heavy atom. The first kappa shape index (κ1) is 17.2. The van der Waals surface area contributed by atoms with Gasteiger partial charge in [0.2, 0.25) is 5.91 Å². The Hall–Kier alpha value is -2.65. The Morgan fingerprint density at radius 3 is 2.72 bits per heavy atom. The Labute approximate surface area is 151 Å². The molecule has 25 heavy (non-hydrogen) atoms. The van der Waals surface area contributed by atoms with Crippen LogP contribution in [-0.4, -0.2) is 37.4 Å². The Morgan fingerprint density at radius 1 is 1.24 bits per heavy atom. The summed E-state index contributed by atoms with van der Waals surface area (Å²) in [6.45, 7) is 2.14. The largest absolute Gasteiger partial charge is 0.355 e. The second-order valence-corrected chi connectivity index (χ2v) is 6.35. The van der Waals surface area contributed by atoms with Gasteiger partial charge in [0, 0.05) is 23.8 Å². The summed E-state index contributed by atoms with van der Waals surface area (Å²) in [4.78, 5) is 27.7. The molecule has 0 aliphatic rings. The van der Waals surface area contributed by atoms with Crippen molar-refractivity contribution in [3.05, 3.63) is 45.8 Å². The van der Waals surface area contributed by atoms with Crippen LogP contribution in [-0.2, 0) is 11.3 Å². The maximum Gasteiger partial charge on any atom is 0.267 e. The highest BCUT2D eigenvalue weighted by molar-refractivity contribution is 7.17. The number of halogens is 1. The minimum absolute atomic E-state index is 0.151. The molecule has 0 saturated carbocycles. The van der Waals surface area contributed by atoms with Gasteiger partial charge in [-0.15, -0.1) is 10.2 Å². The third kappa shape index (κ3) is 4.06. The molecule has 1 N–H and O–H groups in total. The molecule has 3 aromatic rings. The zero-order chi connectivity index (χ0) is 17.8. The van der Waals surface area contributed by atoms with E-state index in [2.05, 4.69) is 25.6 Å². The number of hydrogen-bond acceptors (Lipinski definition) is 7. The third-order valence-electron chi connectivity index (χ3n) is 3.12. The van der Waals surface area contributed by atoms with E-state index in [1.807, 2.05) is 0 Å². The minimum atomic E-state index is -0.365. The van der Waals surface area contributed by atoms with Crippen molar-refractivity contribution in [1.29, 1.82) is 0 Å². The number of amides is 1. The van der Waals surface area contributed by atoms with Crippen molar-refractivity contribution in [2.75, 3.05) is 6.54 Å². The molecular formula is C15H13ClN6O2S. The van der Waals surface area contributed by atoms with Crippen molar-refractivity contribution in [1.82, 2.24) is 30.3 Å². The summed E-state index contributed by atoms with van der Waals surface area (Å²) >= 11 is 7.23. The van der Waals surface area contributed by atoms with E-state index in [4.69, 9.17) is 11.6 Å². The van der Waals surface area contributed by atoms with Crippen molar-refractivity contribution in [2.24, 2.45) is 0 Å². The molecule has 0 saturated heterocycles. The van der Waals surface area contributed by atoms with Crippen LogP contribution < -0.4 is 10.9 Å². The number of aromatic nitrogens is 5. The first-order valence-electron chi connectivity index (χ1n) is 7.37. The maximum atomic E-state index is 11.9. The van der Waals surface area contributed by atoms with E-state index in [0.29, 0.717) is 33.0 Å². The summed E-state index contributed by atoms with van der Waals surface area (Å²) in [7, 11) is 0. The number of rotatable bonds is 5. The lowest BCUT2D eigenvalue weighted by atomic mass is 10.4. The number of nitrogens with one attached hydrogen (secondary N) is 1. The number of carbonyl (C=O) groups excluding carboxylic acids is 1. The number of hydrogen-bond donors (Lipinski definition) is 1. The van der Waals surface area contributed by atoms with Gasteiger partial charge < -0.3 is 5.32 Å². The van der Waals surface area contributed by atoms with Gasteiger partial charge in [-0.2, -0.15) is 5.10 Å². The number of nitrogens with zero attached hydrogens (tertiary/aromatic N) is 5. The lowest BCUT2D eigenvalue weighted by Gasteiger charge is -2.05. The molecular weight excluding hydrogens is 364 g/mol. The van der Waals surface area contributed by atoms with Crippen LogP contribution in [0.4, 0.5) is 0 Å². The van der Waals surface area contributed by atoms with E-state index in [0.717, 1.165) is 4.68 Å². The molecule has 0 fully saturated rings. The van der Waals surface area contributed by atoms with Crippen LogP contribution in [0.2, 0.25) is 5.02 Å². The quantitative estimate of drug-likeness (QED) is 0.725. The van der Waals surface area contributed by atoms with Crippen LogP contribution in [0, 0.1) is 0 Å². The van der Waals surface area contributed by atoms with Crippen molar-refractivity contribution in [3.8, 4) is 21.4 Å². The normalized spacial score (nSPS) is 10.6. The van der Waals surface area contributed by atoms with Gasteiger partial charge in [-0.3, -0.25) is 14.6 Å². The highest BCUT2D eigenvalue weighted by Gasteiger charge is 2.13. The molecule has 0 unspecified atom stereocenters. The summed E-state index contributed by atoms with van der Waals surface area (Å²) < 4.78 is 1.10.